The molecule has 0 heterocycles. The molecule has 0 saturated heterocycles. The van der Waals surface area contributed by atoms with E-state index in [1.807, 2.05) is 39.0 Å². The Morgan fingerprint density at radius 1 is 1.09 bits per heavy atom. The fourth-order valence-electron chi connectivity index (χ4n) is 4.13. The molecule has 182 valence electrons. The van der Waals surface area contributed by atoms with Gasteiger partial charge in [-0.1, -0.05) is 30.7 Å². The first-order valence-corrected chi connectivity index (χ1v) is 11.9. The lowest BCUT2D eigenvalue weighted by Crippen LogP contribution is -2.42. The van der Waals surface area contributed by atoms with E-state index in [2.05, 4.69) is 29.7 Å². The highest BCUT2D eigenvalue weighted by atomic mass is 19.1. The Morgan fingerprint density at radius 3 is 2.43 bits per heavy atom. The number of amides is 1. The molecule has 4 rings (SSSR count). The number of aryl methyl sites for hydroxylation is 2. The van der Waals surface area contributed by atoms with E-state index in [9.17, 15) is 9.18 Å². The second kappa shape index (κ2) is 9.90. The van der Waals surface area contributed by atoms with Crippen LogP contribution >= 0.6 is 0 Å². The highest BCUT2D eigenvalue weighted by Crippen LogP contribution is 2.45. The van der Waals surface area contributed by atoms with Crippen LogP contribution in [-0.4, -0.2) is 18.2 Å². The second-order valence-corrected chi connectivity index (χ2v) is 9.75. The SMILES string of the molecule is Cc1ccc([C@@H](Oc2ccc(Nc3ccc(F)cc3)c(C=N)c2)[C@H](C)NC(=O)C2(C)CC2)c(C)c1. The van der Waals surface area contributed by atoms with Gasteiger partial charge in [0.15, 0.2) is 0 Å². The smallest absolute Gasteiger partial charge is 0.226 e. The van der Waals surface area contributed by atoms with Crippen molar-refractivity contribution in [2.75, 3.05) is 5.32 Å². The standard InChI is InChI=1S/C29H32FN3O2/c1-18-5-11-25(19(2)15-18)27(20(3)32-28(34)29(4)13-14-29)35-24-10-12-26(21(16-24)17-31)33-23-8-6-22(30)7-9-23/h5-12,15-17,20,27,31,33H,13-14H2,1-4H3,(H,32,34)/t20-,27-/m0/s1. The Kier molecular flexibility index (Phi) is 6.92. The van der Waals surface area contributed by atoms with Crippen LogP contribution in [0.25, 0.3) is 0 Å². The van der Waals surface area contributed by atoms with Gasteiger partial charge in [0.2, 0.25) is 5.91 Å². The molecule has 5 nitrogen and oxygen atoms in total. The molecule has 1 saturated carbocycles. The molecule has 6 heteroatoms. The zero-order valence-corrected chi connectivity index (χ0v) is 20.6. The number of carbonyl (C=O) groups is 1. The lowest BCUT2D eigenvalue weighted by atomic mass is 9.96. The molecular formula is C29H32FN3O2. The summed E-state index contributed by atoms with van der Waals surface area (Å²) in [4.78, 5) is 12.8. The van der Waals surface area contributed by atoms with Crippen LogP contribution in [0.1, 0.15) is 55.0 Å². The fraction of sp³-hybridized carbons (Fsp3) is 0.310. The molecule has 35 heavy (non-hydrogen) atoms. The van der Waals surface area contributed by atoms with Crippen molar-refractivity contribution in [1.29, 1.82) is 5.41 Å². The molecule has 1 amide bonds. The predicted molar refractivity (Wildman–Crippen MR) is 138 cm³/mol. The minimum Gasteiger partial charge on any atom is -0.484 e. The third kappa shape index (κ3) is 5.70. The van der Waals surface area contributed by atoms with E-state index in [1.165, 1.54) is 18.3 Å². The first-order chi connectivity index (χ1) is 16.7. The van der Waals surface area contributed by atoms with Gasteiger partial charge in [-0.05, 0) is 87.2 Å². The minimum atomic E-state index is -0.406. The van der Waals surface area contributed by atoms with Gasteiger partial charge in [0.05, 0.1) is 6.04 Å². The van der Waals surface area contributed by atoms with Gasteiger partial charge in [-0.25, -0.2) is 4.39 Å². The first kappa shape index (κ1) is 24.5. The van der Waals surface area contributed by atoms with E-state index in [1.54, 1.807) is 18.2 Å². The van der Waals surface area contributed by atoms with Crippen LogP contribution in [0.3, 0.4) is 0 Å². The predicted octanol–water partition coefficient (Wildman–Crippen LogP) is 6.61. The molecule has 3 aromatic carbocycles. The van der Waals surface area contributed by atoms with Crippen LogP contribution in [0.4, 0.5) is 15.8 Å². The van der Waals surface area contributed by atoms with Crippen LogP contribution in [0.15, 0.2) is 60.7 Å². The van der Waals surface area contributed by atoms with Crippen LogP contribution < -0.4 is 15.4 Å². The van der Waals surface area contributed by atoms with E-state index >= 15 is 0 Å². The number of hydrogen-bond acceptors (Lipinski definition) is 4. The van der Waals surface area contributed by atoms with Gasteiger partial charge in [0.25, 0.3) is 0 Å². The summed E-state index contributed by atoms with van der Waals surface area (Å²) in [5.41, 5.74) is 5.06. The van der Waals surface area contributed by atoms with Crippen molar-refractivity contribution in [3.8, 4) is 5.75 Å². The number of hydrogen-bond donors (Lipinski definition) is 3. The molecule has 1 fully saturated rings. The summed E-state index contributed by atoms with van der Waals surface area (Å²) in [7, 11) is 0. The number of benzene rings is 3. The summed E-state index contributed by atoms with van der Waals surface area (Å²) in [6.45, 7) is 8.06. The molecule has 0 unspecified atom stereocenters. The summed E-state index contributed by atoms with van der Waals surface area (Å²) in [5.74, 6) is 0.347. The molecule has 3 N–H and O–H groups in total. The van der Waals surface area contributed by atoms with E-state index in [4.69, 9.17) is 10.1 Å². The van der Waals surface area contributed by atoms with Crippen LogP contribution in [0.2, 0.25) is 0 Å². The molecule has 1 aliphatic carbocycles. The van der Waals surface area contributed by atoms with Crippen molar-refractivity contribution >= 4 is 23.5 Å². The van der Waals surface area contributed by atoms with Crippen molar-refractivity contribution in [2.45, 2.75) is 52.7 Å². The summed E-state index contributed by atoms with van der Waals surface area (Å²) >= 11 is 0. The number of ether oxygens (including phenoxy) is 1. The monoisotopic (exact) mass is 473 g/mol. The minimum absolute atomic E-state index is 0.0578. The van der Waals surface area contributed by atoms with Gasteiger partial charge in [-0.15, -0.1) is 0 Å². The van der Waals surface area contributed by atoms with E-state index in [0.29, 0.717) is 17.0 Å². The third-order valence-electron chi connectivity index (χ3n) is 6.66. The largest absolute Gasteiger partial charge is 0.484 e. The van der Waals surface area contributed by atoms with Crippen molar-refractivity contribution < 1.29 is 13.9 Å². The number of carbonyl (C=O) groups excluding carboxylic acids is 1. The quantitative estimate of drug-likeness (QED) is 0.306. The summed E-state index contributed by atoms with van der Waals surface area (Å²) in [6, 6.07) is 17.5. The summed E-state index contributed by atoms with van der Waals surface area (Å²) in [5, 5.41) is 14.3. The van der Waals surface area contributed by atoms with Gasteiger partial charge in [0, 0.05) is 28.6 Å². The molecule has 0 bridgehead atoms. The Balaban J connectivity index is 1.60. The highest BCUT2D eigenvalue weighted by Gasteiger charge is 2.45. The number of anilines is 2. The highest BCUT2D eigenvalue weighted by molar-refractivity contribution is 5.88. The van der Waals surface area contributed by atoms with Gasteiger partial charge >= 0.3 is 0 Å². The molecular weight excluding hydrogens is 441 g/mol. The molecule has 1 aliphatic rings. The van der Waals surface area contributed by atoms with E-state index < -0.39 is 6.10 Å². The van der Waals surface area contributed by atoms with Crippen molar-refractivity contribution in [2.24, 2.45) is 5.41 Å². The Hall–Kier alpha value is -3.67. The molecule has 0 aromatic heterocycles. The number of rotatable bonds is 9. The van der Waals surface area contributed by atoms with Crippen molar-refractivity contribution in [3.63, 3.8) is 0 Å². The third-order valence-corrected chi connectivity index (χ3v) is 6.66. The van der Waals surface area contributed by atoms with Gasteiger partial charge < -0.3 is 20.8 Å². The number of nitrogens with one attached hydrogen (secondary N) is 3. The maximum atomic E-state index is 13.2. The van der Waals surface area contributed by atoms with Crippen LogP contribution in [0, 0.1) is 30.5 Å². The lowest BCUT2D eigenvalue weighted by Gasteiger charge is -2.29. The molecule has 0 radical (unpaired) electrons. The van der Waals surface area contributed by atoms with Crippen LogP contribution in [-0.2, 0) is 4.79 Å². The van der Waals surface area contributed by atoms with E-state index in [0.717, 1.165) is 35.2 Å². The van der Waals surface area contributed by atoms with Gasteiger partial charge in [0.1, 0.15) is 17.7 Å². The normalized spacial score (nSPS) is 15.6. The van der Waals surface area contributed by atoms with Gasteiger partial charge in [-0.2, -0.15) is 0 Å². The topological polar surface area (TPSA) is 74.2 Å². The second-order valence-electron chi connectivity index (χ2n) is 9.75. The average Bonchev–Trinajstić information content (AvgIpc) is 3.58. The van der Waals surface area contributed by atoms with Crippen molar-refractivity contribution in [1.82, 2.24) is 5.32 Å². The Bertz CT molecular complexity index is 1240. The molecule has 0 spiro atoms. The summed E-state index contributed by atoms with van der Waals surface area (Å²) in [6.07, 6.45) is 2.66. The zero-order chi connectivity index (χ0) is 25.2. The first-order valence-electron chi connectivity index (χ1n) is 11.9. The van der Waals surface area contributed by atoms with Crippen LogP contribution in [0.5, 0.6) is 5.75 Å². The Morgan fingerprint density at radius 2 is 1.80 bits per heavy atom. The maximum absolute atomic E-state index is 13.2. The zero-order valence-electron chi connectivity index (χ0n) is 20.6. The maximum Gasteiger partial charge on any atom is 0.226 e. The van der Waals surface area contributed by atoms with E-state index in [-0.39, 0.29) is 23.2 Å². The number of halogens is 1. The molecule has 0 aliphatic heterocycles. The van der Waals surface area contributed by atoms with Gasteiger partial charge in [-0.3, -0.25) is 4.79 Å². The van der Waals surface area contributed by atoms with Crippen molar-refractivity contribution in [3.05, 3.63) is 88.7 Å². The summed E-state index contributed by atoms with van der Waals surface area (Å²) < 4.78 is 19.7. The lowest BCUT2D eigenvalue weighted by molar-refractivity contribution is -0.127. The average molecular weight is 474 g/mol. The fourth-order valence-corrected chi connectivity index (χ4v) is 4.13. The Labute approximate surface area is 206 Å². The molecule has 3 aromatic rings. The molecule has 2 atom stereocenters.